The van der Waals surface area contributed by atoms with Crippen LogP contribution in [0.15, 0.2) is 24.3 Å². The predicted octanol–water partition coefficient (Wildman–Crippen LogP) is 3.05. The Labute approximate surface area is 143 Å². The Morgan fingerprint density at radius 2 is 2.25 bits per heavy atom. The lowest BCUT2D eigenvalue weighted by Gasteiger charge is -2.33. The number of hydrogen-bond donors (Lipinski definition) is 1. The third-order valence-corrected chi connectivity index (χ3v) is 4.06. The fourth-order valence-corrected chi connectivity index (χ4v) is 2.79. The Morgan fingerprint density at radius 1 is 1.46 bits per heavy atom. The molecule has 24 heavy (non-hydrogen) atoms. The van der Waals surface area contributed by atoms with Crippen LogP contribution in [0.4, 0.5) is 9.18 Å². The first kappa shape index (κ1) is 18.5. The van der Waals surface area contributed by atoms with E-state index in [0.717, 1.165) is 19.4 Å². The first-order valence-corrected chi connectivity index (χ1v) is 8.60. The fourth-order valence-electron chi connectivity index (χ4n) is 2.79. The highest BCUT2D eigenvalue weighted by molar-refractivity contribution is 5.74. The lowest BCUT2D eigenvalue weighted by atomic mass is 9.99. The van der Waals surface area contributed by atoms with Gasteiger partial charge in [-0.3, -0.25) is 0 Å². The number of amides is 2. The number of carbonyl (C=O) groups is 1. The second kappa shape index (κ2) is 9.47. The van der Waals surface area contributed by atoms with Gasteiger partial charge in [-0.25, -0.2) is 9.18 Å². The van der Waals surface area contributed by atoms with E-state index < -0.39 is 5.82 Å². The molecule has 1 aromatic rings. The highest BCUT2D eigenvalue weighted by Crippen LogP contribution is 2.17. The van der Waals surface area contributed by atoms with Crippen molar-refractivity contribution < 1.29 is 18.7 Å². The van der Waals surface area contributed by atoms with Crippen LogP contribution in [0.5, 0.6) is 5.75 Å². The molecule has 0 aromatic heterocycles. The van der Waals surface area contributed by atoms with Gasteiger partial charge in [0.25, 0.3) is 0 Å². The molecule has 6 heteroatoms. The van der Waals surface area contributed by atoms with Crippen molar-refractivity contribution in [1.82, 2.24) is 10.2 Å². The smallest absolute Gasteiger partial charge is 0.317 e. The molecule has 2 rings (SSSR count). The van der Waals surface area contributed by atoms with Gasteiger partial charge in [0.1, 0.15) is 6.61 Å². The molecule has 2 amide bonds. The van der Waals surface area contributed by atoms with Crippen LogP contribution in [0.3, 0.4) is 0 Å². The molecule has 1 heterocycles. The van der Waals surface area contributed by atoms with Gasteiger partial charge < -0.3 is 19.7 Å². The Bertz CT molecular complexity index is 527. The summed E-state index contributed by atoms with van der Waals surface area (Å²) >= 11 is 0. The fraction of sp³-hybridized carbons (Fsp3) is 0.611. The zero-order valence-corrected chi connectivity index (χ0v) is 14.5. The number of rotatable bonds is 7. The maximum absolute atomic E-state index is 13.5. The molecule has 0 spiro atoms. The zero-order valence-electron chi connectivity index (χ0n) is 14.5. The van der Waals surface area contributed by atoms with Crippen LogP contribution in [0.25, 0.3) is 0 Å². The van der Waals surface area contributed by atoms with Crippen LogP contribution in [0, 0.1) is 11.7 Å². The van der Waals surface area contributed by atoms with Crippen LogP contribution < -0.4 is 10.1 Å². The van der Waals surface area contributed by atoms with E-state index in [4.69, 9.17) is 9.47 Å². The van der Waals surface area contributed by atoms with Gasteiger partial charge in [-0.05, 0) is 38.8 Å². The second-order valence-corrected chi connectivity index (χ2v) is 6.21. The minimum absolute atomic E-state index is 0.0965. The molecule has 0 bridgehead atoms. The van der Waals surface area contributed by atoms with E-state index in [2.05, 4.69) is 5.32 Å². The summed E-state index contributed by atoms with van der Waals surface area (Å²) in [6.45, 7) is 6.93. The van der Waals surface area contributed by atoms with E-state index in [0.29, 0.717) is 25.7 Å². The molecular weight excluding hydrogens is 311 g/mol. The lowest BCUT2D eigenvalue weighted by molar-refractivity contribution is 0.0748. The molecule has 1 N–H and O–H groups in total. The molecule has 1 aromatic carbocycles. The zero-order chi connectivity index (χ0) is 17.4. The number of likely N-dealkylation sites (tertiary alicyclic amines) is 1. The van der Waals surface area contributed by atoms with E-state index in [1.807, 2.05) is 18.7 Å². The topological polar surface area (TPSA) is 50.8 Å². The molecule has 1 fully saturated rings. The first-order valence-electron chi connectivity index (χ1n) is 8.60. The van der Waals surface area contributed by atoms with Crippen molar-refractivity contribution in [2.75, 3.05) is 32.9 Å². The van der Waals surface area contributed by atoms with Crippen molar-refractivity contribution in [3.63, 3.8) is 0 Å². The number of hydrogen-bond acceptors (Lipinski definition) is 3. The summed E-state index contributed by atoms with van der Waals surface area (Å²) in [5.74, 6) is 0.202. The minimum atomic E-state index is -0.397. The third kappa shape index (κ3) is 5.67. The van der Waals surface area contributed by atoms with Gasteiger partial charge >= 0.3 is 6.03 Å². The monoisotopic (exact) mass is 338 g/mol. The number of carbonyl (C=O) groups excluding carboxylic acids is 1. The van der Waals surface area contributed by atoms with Crippen LogP contribution in [0.2, 0.25) is 0 Å². The van der Waals surface area contributed by atoms with Crippen LogP contribution in [-0.4, -0.2) is 49.9 Å². The van der Waals surface area contributed by atoms with Crippen molar-refractivity contribution in [2.45, 2.75) is 32.7 Å². The van der Waals surface area contributed by atoms with E-state index in [-0.39, 0.29) is 24.4 Å². The quantitative estimate of drug-likeness (QED) is 0.831. The molecule has 1 aliphatic rings. The van der Waals surface area contributed by atoms with E-state index in [1.165, 1.54) is 6.07 Å². The highest BCUT2D eigenvalue weighted by atomic mass is 19.1. The molecule has 1 saturated heterocycles. The molecule has 134 valence electrons. The molecular formula is C18H27FN2O3. The molecule has 2 atom stereocenters. The maximum atomic E-state index is 13.5. The van der Waals surface area contributed by atoms with E-state index in [9.17, 15) is 9.18 Å². The predicted molar refractivity (Wildman–Crippen MR) is 90.7 cm³/mol. The summed E-state index contributed by atoms with van der Waals surface area (Å²) in [5, 5.41) is 2.91. The standard InChI is InChI=1S/C18H27FN2O3/c1-3-23-13-15-7-6-10-21(11-15)18(22)20-14(2)12-24-17-9-5-4-8-16(17)19/h4-5,8-9,14-15H,3,6-7,10-13H2,1-2H3,(H,20,22). The number of benzene rings is 1. The largest absolute Gasteiger partial charge is 0.488 e. The number of piperidine rings is 1. The number of para-hydroxylation sites is 1. The number of urea groups is 1. The molecule has 0 radical (unpaired) electrons. The van der Waals surface area contributed by atoms with Crippen LogP contribution in [-0.2, 0) is 4.74 Å². The SMILES string of the molecule is CCOCC1CCCN(C(=O)NC(C)COc2ccccc2F)C1. The number of nitrogens with zero attached hydrogens (tertiary/aromatic N) is 1. The van der Waals surface area contributed by atoms with Gasteiger partial charge in [0.15, 0.2) is 11.6 Å². The first-order chi connectivity index (χ1) is 11.6. The molecule has 5 nitrogen and oxygen atoms in total. The minimum Gasteiger partial charge on any atom is -0.488 e. The normalized spacial score (nSPS) is 19.0. The van der Waals surface area contributed by atoms with Gasteiger partial charge in [0, 0.05) is 25.6 Å². The maximum Gasteiger partial charge on any atom is 0.317 e. The Kier molecular flexibility index (Phi) is 7.31. The van der Waals surface area contributed by atoms with Crippen LogP contribution >= 0.6 is 0 Å². The van der Waals surface area contributed by atoms with Crippen molar-refractivity contribution in [3.8, 4) is 5.75 Å². The highest BCUT2D eigenvalue weighted by Gasteiger charge is 2.24. The van der Waals surface area contributed by atoms with Gasteiger partial charge in [-0.2, -0.15) is 0 Å². The van der Waals surface area contributed by atoms with Crippen molar-refractivity contribution in [1.29, 1.82) is 0 Å². The summed E-state index contributed by atoms with van der Waals surface area (Å²) in [6, 6.07) is 5.96. The van der Waals surface area contributed by atoms with Crippen molar-refractivity contribution in [3.05, 3.63) is 30.1 Å². The number of halogens is 1. The van der Waals surface area contributed by atoms with Gasteiger partial charge in [0.2, 0.25) is 0 Å². The van der Waals surface area contributed by atoms with E-state index in [1.54, 1.807) is 18.2 Å². The van der Waals surface area contributed by atoms with Crippen LogP contribution in [0.1, 0.15) is 26.7 Å². The van der Waals surface area contributed by atoms with Crippen molar-refractivity contribution in [2.24, 2.45) is 5.92 Å². The summed E-state index contributed by atoms with van der Waals surface area (Å²) < 4.78 is 24.4. The molecule has 2 unspecified atom stereocenters. The summed E-state index contributed by atoms with van der Waals surface area (Å²) in [5.41, 5.74) is 0. The molecule has 1 aliphatic heterocycles. The average molecular weight is 338 g/mol. The Hall–Kier alpha value is -1.82. The Balaban J connectivity index is 1.75. The van der Waals surface area contributed by atoms with Gasteiger partial charge in [-0.1, -0.05) is 12.1 Å². The number of ether oxygens (including phenoxy) is 2. The molecule has 0 aliphatic carbocycles. The summed E-state index contributed by atoms with van der Waals surface area (Å²) in [7, 11) is 0. The van der Waals surface area contributed by atoms with Gasteiger partial charge in [-0.15, -0.1) is 0 Å². The van der Waals surface area contributed by atoms with Crippen molar-refractivity contribution >= 4 is 6.03 Å². The number of nitrogens with one attached hydrogen (secondary N) is 1. The third-order valence-electron chi connectivity index (χ3n) is 4.06. The summed E-state index contributed by atoms with van der Waals surface area (Å²) in [6.07, 6.45) is 2.08. The Morgan fingerprint density at radius 3 is 3.00 bits per heavy atom. The van der Waals surface area contributed by atoms with Gasteiger partial charge in [0.05, 0.1) is 12.6 Å². The second-order valence-electron chi connectivity index (χ2n) is 6.21. The summed E-state index contributed by atoms with van der Waals surface area (Å²) in [4.78, 5) is 14.2. The van der Waals surface area contributed by atoms with E-state index >= 15 is 0 Å². The molecule has 0 saturated carbocycles. The average Bonchev–Trinajstić information content (AvgIpc) is 2.59. The lowest BCUT2D eigenvalue weighted by Crippen LogP contribution is -2.49.